The average Bonchev–Trinajstić information content (AvgIpc) is 2.68. The maximum atomic E-state index is 3.53. The Bertz CT molecular complexity index is 399. The second-order valence-electron chi connectivity index (χ2n) is 6.49. The van der Waals surface area contributed by atoms with Crippen LogP contribution in [-0.4, -0.2) is 0 Å². The second-order valence-corrected chi connectivity index (χ2v) is 6.49. The van der Waals surface area contributed by atoms with Crippen LogP contribution in [0, 0.1) is 35.0 Å². The number of rotatable bonds is 0. The Labute approximate surface area is 99.5 Å². The molecule has 0 amide bonds. The smallest absolute Gasteiger partial charge is 0.0302 e. The van der Waals surface area contributed by atoms with Gasteiger partial charge in [-0.1, -0.05) is 50.2 Å². The molecule has 0 aliphatic heterocycles. The molecule has 0 aromatic rings. The third kappa shape index (κ3) is 1.30. The predicted molar refractivity (Wildman–Crippen MR) is 67.8 cm³/mol. The fourth-order valence-corrected chi connectivity index (χ4v) is 4.13. The minimum atomic E-state index is 0.427. The maximum Gasteiger partial charge on any atom is 0.0302 e. The van der Waals surface area contributed by atoms with E-state index in [0.717, 1.165) is 18.3 Å². The van der Waals surface area contributed by atoms with Crippen LogP contribution in [0.5, 0.6) is 0 Å². The third-order valence-corrected chi connectivity index (χ3v) is 5.34. The highest BCUT2D eigenvalue weighted by Gasteiger charge is 2.45. The van der Waals surface area contributed by atoms with E-state index in [9.17, 15) is 0 Å². The van der Waals surface area contributed by atoms with Gasteiger partial charge in [-0.05, 0) is 36.5 Å². The molecule has 0 N–H and O–H groups in total. The van der Waals surface area contributed by atoms with Crippen molar-refractivity contribution in [2.24, 2.45) is 23.2 Å². The molecule has 1 saturated carbocycles. The van der Waals surface area contributed by atoms with Crippen LogP contribution in [0.1, 0.15) is 52.9 Å². The van der Waals surface area contributed by atoms with E-state index in [1.807, 2.05) is 0 Å². The van der Waals surface area contributed by atoms with Gasteiger partial charge in [0.1, 0.15) is 0 Å². The van der Waals surface area contributed by atoms with E-state index in [0.29, 0.717) is 11.3 Å². The van der Waals surface area contributed by atoms with Crippen molar-refractivity contribution in [3.63, 3.8) is 0 Å². The van der Waals surface area contributed by atoms with Gasteiger partial charge in [0, 0.05) is 12.3 Å². The van der Waals surface area contributed by atoms with E-state index in [-0.39, 0.29) is 0 Å². The minimum absolute atomic E-state index is 0.427. The second kappa shape index (κ2) is 3.39. The molecular weight excluding hydrogens is 192 g/mol. The first-order chi connectivity index (χ1) is 7.60. The average molecular weight is 214 g/mol. The van der Waals surface area contributed by atoms with Crippen molar-refractivity contribution in [3.05, 3.63) is 11.1 Å². The van der Waals surface area contributed by atoms with E-state index >= 15 is 0 Å². The summed E-state index contributed by atoms with van der Waals surface area (Å²) in [7, 11) is 0. The Hall–Kier alpha value is -0.700. The van der Waals surface area contributed by atoms with Crippen molar-refractivity contribution >= 4 is 0 Å². The zero-order valence-electron chi connectivity index (χ0n) is 10.8. The molecule has 0 aromatic heterocycles. The van der Waals surface area contributed by atoms with Gasteiger partial charge in [0.05, 0.1) is 0 Å². The summed E-state index contributed by atoms with van der Waals surface area (Å²) in [6.45, 7) is 7.34. The van der Waals surface area contributed by atoms with E-state index in [4.69, 9.17) is 0 Å². The van der Waals surface area contributed by atoms with Gasteiger partial charge in [0.2, 0.25) is 0 Å². The molecule has 3 rings (SSSR count). The molecule has 3 atom stereocenters. The standard InChI is InChI=1S/C16H22/c1-11-10-13-8-4-6-12-7-5-9-14(12)15(13)16(11,2)3/h11-12,14H,5,7-10H2,1-3H3. The third-order valence-electron chi connectivity index (χ3n) is 5.34. The van der Waals surface area contributed by atoms with Crippen molar-refractivity contribution in [3.8, 4) is 11.8 Å². The van der Waals surface area contributed by atoms with Crippen LogP contribution in [0.4, 0.5) is 0 Å². The van der Waals surface area contributed by atoms with Gasteiger partial charge in [-0.3, -0.25) is 0 Å². The topological polar surface area (TPSA) is 0 Å². The molecule has 0 aromatic carbocycles. The van der Waals surface area contributed by atoms with Crippen molar-refractivity contribution < 1.29 is 0 Å². The molecule has 0 heteroatoms. The van der Waals surface area contributed by atoms with Crippen LogP contribution >= 0.6 is 0 Å². The maximum absolute atomic E-state index is 3.53. The number of hydrogen-bond donors (Lipinski definition) is 0. The Morgan fingerprint density at radius 3 is 2.88 bits per heavy atom. The van der Waals surface area contributed by atoms with Crippen molar-refractivity contribution in [1.29, 1.82) is 0 Å². The summed E-state index contributed by atoms with van der Waals surface area (Å²) in [4.78, 5) is 0. The van der Waals surface area contributed by atoms with Gasteiger partial charge in [-0.2, -0.15) is 0 Å². The molecule has 3 aliphatic carbocycles. The lowest BCUT2D eigenvalue weighted by molar-refractivity contribution is 0.282. The van der Waals surface area contributed by atoms with Crippen molar-refractivity contribution in [2.75, 3.05) is 0 Å². The lowest BCUT2D eigenvalue weighted by Crippen LogP contribution is -2.25. The Morgan fingerprint density at radius 1 is 1.25 bits per heavy atom. The van der Waals surface area contributed by atoms with Crippen LogP contribution in [0.25, 0.3) is 0 Å². The number of hydrogen-bond acceptors (Lipinski definition) is 0. The predicted octanol–water partition coefficient (Wildman–Crippen LogP) is 4.17. The van der Waals surface area contributed by atoms with Gasteiger partial charge in [0.15, 0.2) is 0 Å². The molecule has 3 aliphatic rings. The highest BCUT2D eigenvalue weighted by Crippen LogP contribution is 2.55. The molecule has 1 fully saturated rings. The van der Waals surface area contributed by atoms with Gasteiger partial charge >= 0.3 is 0 Å². The zero-order valence-corrected chi connectivity index (χ0v) is 10.8. The first-order valence-electron chi connectivity index (χ1n) is 6.81. The summed E-state index contributed by atoms with van der Waals surface area (Å²) in [5, 5.41) is 0. The first kappa shape index (κ1) is 10.5. The molecule has 0 bridgehead atoms. The molecular formula is C16H22. The summed E-state index contributed by atoms with van der Waals surface area (Å²) in [6.07, 6.45) is 6.51. The minimum Gasteiger partial charge on any atom is -0.0989 e. The zero-order chi connectivity index (χ0) is 11.3. The summed E-state index contributed by atoms with van der Waals surface area (Å²) in [5.74, 6) is 9.29. The normalized spacial score (nSPS) is 39.8. The van der Waals surface area contributed by atoms with E-state index in [1.165, 1.54) is 25.7 Å². The van der Waals surface area contributed by atoms with E-state index in [2.05, 4.69) is 32.6 Å². The van der Waals surface area contributed by atoms with Gasteiger partial charge < -0.3 is 0 Å². The van der Waals surface area contributed by atoms with Gasteiger partial charge in [0.25, 0.3) is 0 Å². The molecule has 0 radical (unpaired) electrons. The summed E-state index contributed by atoms with van der Waals surface area (Å²) in [6, 6.07) is 0. The molecule has 0 nitrogen and oxygen atoms in total. The number of allylic oxidation sites excluding steroid dienone is 2. The molecule has 16 heavy (non-hydrogen) atoms. The van der Waals surface area contributed by atoms with Gasteiger partial charge in [-0.25, -0.2) is 0 Å². The summed E-state index contributed by atoms with van der Waals surface area (Å²) in [5.41, 5.74) is 3.94. The van der Waals surface area contributed by atoms with E-state index < -0.39 is 0 Å². The van der Waals surface area contributed by atoms with Crippen LogP contribution in [0.3, 0.4) is 0 Å². The highest BCUT2D eigenvalue weighted by molar-refractivity contribution is 5.38. The van der Waals surface area contributed by atoms with Crippen LogP contribution in [0.15, 0.2) is 11.1 Å². The molecule has 0 saturated heterocycles. The van der Waals surface area contributed by atoms with E-state index in [1.54, 1.807) is 11.1 Å². The van der Waals surface area contributed by atoms with Crippen LogP contribution < -0.4 is 0 Å². The molecule has 86 valence electrons. The van der Waals surface area contributed by atoms with Crippen molar-refractivity contribution in [1.82, 2.24) is 0 Å². The lowest BCUT2D eigenvalue weighted by atomic mass is 9.71. The first-order valence-corrected chi connectivity index (χ1v) is 6.81. The molecule has 0 heterocycles. The SMILES string of the molecule is CC1CC2=C(C3CCCC3C#CC2)C1(C)C. The highest BCUT2D eigenvalue weighted by atomic mass is 14.5. The fraction of sp³-hybridized carbons (Fsp3) is 0.750. The molecule has 3 unspecified atom stereocenters. The summed E-state index contributed by atoms with van der Waals surface area (Å²) < 4.78 is 0. The Morgan fingerprint density at radius 2 is 2.06 bits per heavy atom. The summed E-state index contributed by atoms with van der Waals surface area (Å²) >= 11 is 0. The lowest BCUT2D eigenvalue weighted by Gasteiger charge is -2.33. The Kier molecular flexibility index (Phi) is 2.22. The Balaban J connectivity index is 2.06. The largest absolute Gasteiger partial charge is 0.0989 e. The fourth-order valence-electron chi connectivity index (χ4n) is 4.13. The monoisotopic (exact) mass is 214 g/mol. The van der Waals surface area contributed by atoms with Crippen molar-refractivity contribution in [2.45, 2.75) is 52.9 Å². The molecule has 0 spiro atoms. The van der Waals surface area contributed by atoms with Gasteiger partial charge in [-0.15, -0.1) is 0 Å². The van der Waals surface area contributed by atoms with Crippen LogP contribution in [-0.2, 0) is 0 Å². The quantitative estimate of drug-likeness (QED) is 0.419. The van der Waals surface area contributed by atoms with Crippen LogP contribution in [0.2, 0.25) is 0 Å². The number of fused-ring (bicyclic) bond motifs is 2.